The summed E-state index contributed by atoms with van der Waals surface area (Å²) in [6, 6.07) is 11.6. The third kappa shape index (κ3) is 4.76. The van der Waals surface area contributed by atoms with Crippen molar-refractivity contribution in [2.75, 3.05) is 17.7 Å². The molecule has 2 aromatic heterocycles. The van der Waals surface area contributed by atoms with E-state index in [0.717, 1.165) is 24.0 Å². The van der Waals surface area contributed by atoms with Crippen molar-refractivity contribution in [1.29, 1.82) is 0 Å². The lowest BCUT2D eigenvalue weighted by molar-refractivity contribution is -0.113. The van der Waals surface area contributed by atoms with Crippen molar-refractivity contribution in [3.8, 4) is 5.75 Å². The minimum atomic E-state index is -0.297. The number of nitrogens with zero attached hydrogens (tertiary/aromatic N) is 2. The van der Waals surface area contributed by atoms with Gasteiger partial charge in [-0.05, 0) is 50.5 Å². The van der Waals surface area contributed by atoms with Gasteiger partial charge in [-0.2, -0.15) is 0 Å². The van der Waals surface area contributed by atoms with E-state index < -0.39 is 0 Å². The lowest BCUT2D eigenvalue weighted by Gasteiger charge is -2.36. The Morgan fingerprint density at radius 1 is 1.26 bits per heavy atom. The van der Waals surface area contributed by atoms with Crippen LogP contribution in [0.25, 0.3) is 0 Å². The van der Waals surface area contributed by atoms with Crippen molar-refractivity contribution < 1.29 is 14.3 Å². The third-order valence-electron chi connectivity index (χ3n) is 6.19. The van der Waals surface area contributed by atoms with E-state index in [-0.39, 0.29) is 34.1 Å². The molecule has 2 N–H and O–H groups in total. The Labute approximate surface area is 202 Å². The monoisotopic (exact) mass is 480 g/mol. The van der Waals surface area contributed by atoms with Crippen molar-refractivity contribution in [1.82, 2.24) is 14.8 Å². The maximum atomic E-state index is 13.2. The van der Waals surface area contributed by atoms with Crippen molar-refractivity contribution in [3.05, 3.63) is 75.8 Å². The molecule has 0 aliphatic carbocycles. The molecular formula is C25H28N4O4S. The number of thioether (sulfide) groups is 1. The predicted octanol–water partition coefficient (Wildman–Crippen LogP) is 4.06. The zero-order valence-electron chi connectivity index (χ0n) is 19.2. The number of nitrogens with one attached hydrogen (secondary N) is 2. The Morgan fingerprint density at radius 2 is 2.15 bits per heavy atom. The maximum absolute atomic E-state index is 13.2. The highest BCUT2D eigenvalue weighted by molar-refractivity contribution is 8.00. The standard InChI is InChI=1S/C25H28N4O4S/c1-25(2)12-18(8-10-33-25)29-23-21(24(31)28-29)22(34-15-20(30)27-23)17-6-3-7-19(11-17)32-14-16-5-4-9-26-13-16/h3-7,9,11,13,18,22H,8,10,12,14-15H2,1-2H3,(H,27,30)(H,28,31). The van der Waals surface area contributed by atoms with E-state index in [2.05, 4.69) is 15.4 Å². The number of rotatable bonds is 5. The first-order valence-electron chi connectivity index (χ1n) is 11.4. The van der Waals surface area contributed by atoms with Crippen LogP contribution in [-0.4, -0.2) is 38.6 Å². The molecule has 8 nitrogen and oxygen atoms in total. The van der Waals surface area contributed by atoms with Gasteiger partial charge in [-0.1, -0.05) is 18.2 Å². The number of carbonyl (C=O) groups excluding carboxylic acids is 1. The quantitative estimate of drug-likeness (QED) is 0.572. The minimum absolute atomic E-state index is 0.0402. The minimum Gasteiger partial charge on any atom is -0.489 e. The number of fused-ring (bicyclic) bond motifs is 1. The smallest absolute Gasteiger partial charge is 0.270 e. The molecule has 1 fully saturated rings. The van der Waals surface area contributed by atoms with Crippen molar-refractivity contribution in [2.45, 2.75) is 50.2 Å². The second-order valence-corrected chi connectivity index (χ2v) is 10.4. The SMILES string of the molecule is CC1(C)CC(n2[nH]c(=O)c3c2NC(=O)CSC3c2cccc(OCc3cccnc3)c2)CCO1. The Bertz CT molecular complexity index is 1240. The van der Waals surface area contributed by atoms with Crippen LogP contribution in [0.1, 0.15) is 54.7 Å². The molecule has 2 aliphatic heterocycles. The summed E-state index contributed by atoms with van der Waals surface area (Å²) in [7, 11) is 0. The largest absolute Gasteiger partial charge is 0.489 e. The topological polar surface area (TPSA) is 98.2 Å². The number of pyridine rings is 1. The van der Waals surface area contributed by atoms with Gasteiger partial charge in [0.05, 0.1) is 28.2 Å². The number of benzene rings is 1. The molecule has 0 saturated carbocycles. The Hall–Kier alpha value is -3.04. The summed E-state index contributed by atoms with van der Waals surface area (Å²) in [4.78, 5) is 29.9. The van der Waals surface area contributed by atoms with Gasteiger partial charge in [0.2, 0.25) is 5.91 Å². The molecule has 2 unspecified atom stereocenters. The first-order chi connectivity index (χ1) is 16.4. The number of anilines is 1. The number of aromatic nitrogens is 3. The molecule has 0 radical (unpaired) electrons. The van der Waals surface area contributed by atoms with E-state index in [0.29, 0.717) is 30.3 Å². The summed E-state index contributed by atoms with van der Waals surface area (Å²) in [6.07, 6.45) is 5.01. The van der Waals surface area contributed by atoms with Gasteiger partial charge in [0.25, 0.3) is 5.56 Å². The van der Waals surface area contributed by atoms with Crippen LogP contribution >= 0.6 is 11.8 Å². The lowest BCUT2D eigenvalue weighted by atomic mass is 9.94. The molecule has 1 amide bonds. The van der Waals surface area contributed by atoms with Gasteiger partial charge in [-0.25, -0.2) is 0 Å². The highest BCUT2D eigenvalue weighted by Gasteiger charge is 2.36. The number of amides is 1. The molecule has 4 heterocycles. The summed E-state index contributed by atoms with van der Waals surface area (Å²) < 4.78 is 13.7. The highest BCUT2D eigenvalue weighted by Crippen LogP contribution is 2.42. The molecule has 5 rings (SSSR count). The van der Waals surface area contributed by atoms with Gasteiger partial charge in [0.1, 0.15) is 18.2 Å². The van der Waals surface area contributed by atoms with E-state index in [1.54, 1.807) is 12.4 Å². The average Bonchev–Trinajstić information content (AvgIpc) is 3.03. The maximum Gasteiger partial charge on any atom is 0.270 e. The summed E-state index contributed by atoms with van der Waals surface area (Å²) in [5.41, 5.74) is 1.99. The van der Waals surface area contributed by atoms with Gasteiger partial charge in [-0.3, -0.25) is 24.4 Å². The fourth-order valence-electron chi connectivity index (χ4n) is 4.62. The van der Waals surface area contributed by atoms with E-state index in [9.17, 15) is 9.59 Å². The molecule has 0 spiro atoms. The molecule has 9 heteroatoms. The van der Waals surface area contributed by atoms with Gasteiger partial charge >= 0.3 is 0 Å². The van der Waals surface area contributed by atoms with Crippen molar-refractivity contribution in [3.63, 3.8) is 0 Å². The molecular weight excluding hydrogens is 452 g/mol. The van der Waals surface area contributed by atoms with Crippen LogP contribution in [0.4, 0.5) is 5.82 Å². The molecule has 2 atom stereocenters. The van der Waals surface area contributed by atoms with E-state index in [1.165, 1.54) is 11.8 Å². The van der Waals surface area contributed by atoms with Gasteiger partial charge in [0, 0.05) is 24.6 Å². The fraction of sp³-hybridized carbons (Fsp3) is 0.400. The van der Waals surface area contributed by atoms with Crippen LogP contribution in [0, 0.1) is 0 Å². The highest BCUT2D eigenvalue weighted by atomic mass is 32.2. The van der Waals surface area contributed by atoms with E-state index >= 15 is 0 Å². The Kier molecular flexibility index (Phi) is 6.22. The van der Waals surface area contributed by atoms with E-state index in [1.807, 2.05) is 54.9 Å². The predicted molar refractivity (Wildman–Crippen MR) is 131 cm³/mol. The molecule has 0 bridgehead atoms. The van der Waals surface area contributed by atoms with Crippen LogP contribution in [-0.2, 0) is 16.1 Å². The third-order valence-corrected chi connectivity index (χ3v) is 7.46. The molecule has 34 heavy (non-hydrogen) atoms. The van der Waals surface area contributed by atoms with Crippen molar-refractivity contribution >= 4 is 23.5 Å². The number of H-pyrrole nitrogens is 1. The van der Waals surface area contributed by atoms with Crippen molar-refractivity contribution in [2.24, 2.45) is 0 Å². The van der Waals surface area contributed by atoms with Crippen LogP contribution < -0.4 is 15.6 Å². The molecule has 3 aromatic rings. The van der Waals surface area contributed by atoms with Crippen LogP contribution in [0.3, 0.4) is 0 Å². The Morgan fingerprint density at radius 3 is 2.94 bits per heavy atom. The van der Waals surface area contributed by atoms with E-state index in [4.69, 9.17) is 9.47 Å². The summed E-state index contributed by atoms with van der Waals surface area (Å²) in [6.45, 7) is 5.10. The zero-order valence-corrected chi connectivity index (χ0v) is 20.1. The number of aromatic amines is 1. The molecule has 178 valence electrons. The second-order valence-electron chi connectivity index (χ2n) is 9.29. The van der Waals surface area contributed by atoms with Gasteiger partial charge < -0.3 is 14.8 Å². The Balaban J connectivity index is 1.47. The summed E-state index contributed by atoms with van der Waals surface area (Å²) in [5.74, 6) is 1.42. The molecule has 1 saturated heterocycles. The van der Waals surface area contributed by atoms with Crippen LogP contribution in [0.15, 0.2) is 53.6 Å². The van der Waals surface area contributed by atoms with Crippen LogP contribution in [0.2, 0.25) is 0 Å². The van der Waals surface area contributed by atoms with Crippen LogP contribution in [0.5, 0.6) is 5.75 Å². The number of carbonyl (C=O) groups is 1. The first-order valence-corrected chi connectivity index (χ1v) is 12.5. The molecule has 1 aromatic carbocycles. The number of hydrogen-bond donors (Lipinski definition) is 2. The molecule has 2 aliphatic rings. The lowest BCUT2D eigenvalue weighted by Crippen LogP contribution is -2.36. The average molecular weight is 481 g/mol. The number of ether oxygens (including phenoxy) is 2. The normalized spacial score (nSPS) is 21.9. The summed E-state index contributed by atoms with van der Waals surface area (Å²) >= 11 is 1.45. The number of hydrogen-bond acceptors (Lipinski definition) is 6. The van der Waals surface area contributed by atoms with Gasteiger partial charge in [-0.15, -0.1) is 11.8 Å². The van der Waals surface area contributed by atoms with Gasteiger partial charge in [0.15, 0.2) is 0 Å². The first kappa shape index (κ1) is 22.7. The fourth-order valence-corrected chi connectivity index (χ4v) is 5.73. The summed E-state index contributed by atoms with van der Waals surface area (Å²) in [5, 5.41) is 5.70. The second kappa shape index (κ2) is 9.31. The zero-order chi connectivity index (χ0) is 23.7.